The number of benzene rings is 2. The molecule has 2 N–H and O–H groups in total. The van der Waals surface area contributed by atoms with Crippen molar-refractivity contribution in [3.05, 3.63) is 83.3 Å². The number of anilines is 1. The molecule has 172 valence electrons. The number of rotatable bonds is 8. The summed E-state index contributed by atoms with van der Waals surface area (Å²) >= 11 is 0. The molecule has 0 saturated heterocycles. The van der Waals surface area contributed by atoms with Gasteiger partial charge in [0.05, 0.1) is 18.8 Å². The van der Waals surface area contributed by atoms with Gasteiger partial charge in [0.25, 0.3) is 0 Å². The zero-order valence-electron chi connectivity index (χ0n) is 18.4. The van der Waals surface area contributed by atoms with Crippen LogP contribution in [0.5, 0.6) is 0 Å². The molecular formula is C25H26F2N4O2. The van der Waals surface area contributed by atoms with Crippen LogP contribution in [0.15, 0.2) is 55.0 Å². The predicted octanol–water partition coefficient (Wildman–Crippen LogP) is 4.16. The van der Waals surface area contributed by atoms with Gasteiger partial charge >= 0.3 is 0 Å². The maximum absolute atomic E-state index is 13.4. The van der Waals surface area contributed by atoms with Crippen LogP contribution in [0.2, 0.25) is 0 Å². The number of imidazole rings is 1. The van der Waals surface area contributed by atoms with Crippen LogP contribution in [0, 0.1) is 11.6 Å². The third-order valence-corrected chi connectivity index (χ3v) is 5.83. The maximum Gasteiger partial charge on any atom is 0.248 e. The van der Waals surface area contributed by atoms with Crippen molar-refractivity contribution in [1.82, 2.24) is 14.9 Å². The van der Waals surface area contributed by atoms with E-state index >= 15 is 0 Å². The zero-order chi connectivity index (χ0) is 23.4. The molecule has 0 spiro atoms. The Labute approximate surface area is 191 Å². The molecule has 1 aliphatic carbocycles. The SMILES string of the molecule is CCCC(NC(=O)Cc1cc(F)cc(F)c1)C(=O)Nc1cn([C@H]2CCc3ccccc32)cn1. The summed E-state index contributed by atoms with van der Waals surface area (Å²) in [5, 5.41) is 5.45. The molecule has 0 fully saturated rings. The second kappa shape index (κ2) is 9.94. The van der Waals surface area contributed by atoms with Crippen molar-refractivity contribution in [2.45, 2.75) is 51.1 Å². The molecule has 33 heavy (non-hydrogen) atoms. The second-order valence-electron chi connectivity index (χ2n) is 8.31. The van der Waals surface area contributed by atoms with E-state index in [1.807, 2.05) is 23.6 Å². The van der Waals surface area contributed by atoms with Crippen molar-refractivity contribution in [3.63, 3.8) is 0 Å². The number of nitrogens with zero attached hydrogens (tertiary/aromatic N) is 2. The first-order valence-corrected chi connectivity index (χ1v) is 11.1. The number of carbonyl (C=O) groups is 2. The summed E-state index contributed by atoms with van der Waals surface area (Å²) in [5.74, 6) is -1.96. The van der Waals surface area contributed by atoms with Crippen LogP contribution in [-0.2, 0) is 22.4 Å². The molecule has 0 bridgehead atoms. The van der Waals surface area contributed by atoms with Crippen LogP contribution in [0.3, 0.4) is 0 Å². The first-order valence-electron chi connectivity index (χ1n) is 11.1. The highest BCUT2D eigenvalue weighted by Crippen LogP contribution is 2.34. The monoisotopic (exact) mass is 452 g/mol. The Bertz CT molecular complexity index is 1140. The van der Waals surface area contributed by atoms with Crippen LogP contribution in [0.1, 0.15) is 48.9 Å². The molecule has 0 aliphatic heterocycles. The Morgan fingerprint density at radius 1 is 1.18 bits per heavy atom. The first-order chi connectivity index (χ1) is 15.9. The van der Waals surface area contributed by atoms with Crippen molar-refractivity contribution in [3.8, 4) is 0 Å². The highest BCUT2D eigenvalue weighted by molar-refractivity contribution is 5.96. The van der Waals surface area contributed by atoms with Gasteiger partial charge in [-0.2, -0.15) is 0 Å². The minimum absolute atomic E-state index is 0.178. The highest BCUT2D eigenvalue weighted by Gasteiger charge is 2.25. The van der Waals surface area contributed by atoms with Gasteiger partial charge in [-0.05, 0) is 48.1 Å². The van der Waals surface area contributed by atoms with Crippen LogP contribution >= 0.6 is 0 Å². The molecule has 2 amide bonds. The number of fused-ring (bicyclic) bond motifs is 1. The Morgan fingerprint density at radius 3 is 2.70 bits per heavy atom. The van der Waals surface area contributed by atoms with Gasteiger partial charge in [0.1, 0.15) is 17.7 Å². The van der Waals surface area contributed by atoms with Crippen molar-refractivity contribution in [2.24, 2.45) is 0 Å². The summed E-state index contributed by atoms with van der Waals surface area (Å²) in [6.07, 6.45) is 6.34. The lowest BCUT2D eigenvalue weighted by atomic mass is 10.1. The minimum atomic E-state index is -0.779. The number of aromatic nitrogens is 2. The topological polar surface area (TPSA) is 76.0 Å². The summed E-state index contributed by atoms with van der Waals surface area (Å²) in [6.45, 7) is 1.90. The third-order valence-electron chi connectivity index (χ3n) is 5.83. The normalized spacial score (nSPS) is 15.7. The van der Waals surface area contributed by atoms with E-state index in [4.69, 9.17) is 0 Å². The van der Waals surface area contributed by atoms with Gasteiger partial charge < -0.3 is 15.2 Å². The molecule has 6 nitrogen and oxygen atoms in total. The van der Waals surface area contributed by atoms with Crippen molar-refractivity contribution >= 4 is 17.6 Å². The first kappa shape index (κ1) is 22.6. The van der Waals surface area contributed by atoms with E-state index in [9.17, 15) is 18.4 Å². The van der Waals surface area contributed by atoms with Gasteiger partial charge in [-0.1, -0.05) is 37.6 Å². The minimum Gasteiger partial charge on any atom is -0.344 e. The molecule has 2 atom stereocenters. The van der Waals surface area contributed by atoms with E-state index in [-0.39, 0.29) is 23.9 Å². The number of hydrogen-bond donors (Lipinski definition) is 2. The standard InChI is InChI=1S/C25H26F2N4O2/c1-2-5-21(29-24(32)12-16-10-18(26)13-19(27)11-16)25(33)30-23-14-31(15-28-23)22-9-8-17-6-3-4-7-20(17)22/h3-4,6-7,10-11,13-15,21-22H,2,5,8-9,12H2,1H3,(H,29,32)(H,30,33)/t21?,22-/m0/s1. The summed E-state index contributed by atoms with van der Waals surface area (Å²) in [6, 6.07) is 10.7. The molecule has 3 aromatic rings. The predicted molar refractivity (Wildman–Crippen MR) is 121 cm³/mol. The number of carbonyl (C=O) groups excluding carboxylic acids is 2. The lowest BCUT2D eigenvalue weighted by Gasteiger charge is -2.17. The summed E-state index contributed by atoms with van der Waals surface area (Å²) < 4.78 is 28.8. The average Bonchev–Trinajstić information content (AvgIpc) is 3.39. The van der Waals surface area contributed by atoms with Crippen LogP contribution in [-0.4, -0.2) is 27.4 Å². The summed E-state index contributed by atoms with van der Waals surface area (Å²) in [4.78, 5) is 29.6. The van der Waals surface area contributed by atoms with Crippen LogP contribution < -0.4 is 10.6 Å². The van der Waals surface area contributed by atoms with E-state index in [0.717, 1.165) is 31.0 Å². The fourth-order valence-corrected chi connectivity index (χ4v) is 4.33. The van der Waals surface area contributed by atoms with E-state index < -0.39 is 23.6 Å². The molecular weight excluding hydrogens is 426 g/mol. The number of nitrogens with one attached hydrogen (secondary N) is 2. The van der Waals surface area contributed by atoms with Gasteiger partial charge in [-0.25, -0.2) is 13.8 Å². The summed E-state index contributed by atoms with van der Waals surface area (Å²) in [5.41, 5.74) is 2.79. The summed E-state index contributed by atoms with van der Waals surface area (Å²) in [7, 11) is 0. The zero-order valence-corrected chi connectivity index (χ0v) is 18.4. The lowest BCUT2D eigenvalue weighted by Crippen LogP contribution is -2.44. The van der Waals surface area contributed by atoms with Crippen molar-refractivity contribution in [1.29, 1.82) is 0 Å². The molecule has 1 heterocycles. The van der Waals surface area contributed by atoms with Gasteiger partial charge in [-0.15, -0.1) is 0 Å². The molecule has 0 radical (unpaired) electrons. The smallest absolute Gasteiger partial charge is 0.248 e. The molecule has 1 aliphatic rings. The van der Waals surface area contributed by atoms with Gasteiger partial charge in [0.2, 0.25) is 11.8 Å². The van der Waals surface area contributed by atoms with E-state index in [1.54, 1.807) is 12.5 Å². The van der Waals surface area contributed by atoms with Crippen molar-refractivity contribution in [2.75, 3.05) is 5.32 Å². The lowest BCUT2D eigenvalue weighted by molar-refractivity contribution is -0.126. The third kappa shape index (κ3) is 5.45. The van der Waals surface area contributed by atoms with Crippen molar-refractivity contribution < 1.29 is 18.4 Å². The number of halogens is 2. The largest absolute Gasteiger partial charge is 0.344 e. The molecule has 1 unspecified atom stereocenters. The molecule has 1 aromatic heterocycles. The van der Waals surface area contributed by atoms with Gasteiger partial charge in [-0.3, -0.25) is 9.59 Å². The van der Waals surface area contributed by atoms with E-state index in [1.165, 1.54) is 11.1 Å². The quantitative estimate of drug-likeness (QED) is 0.539. The molecule has 0 saturated carbocycles. The Morgan fingerprint density at radius 2 is 1.94 bits per heavy atom. The Kier molecular flexibility index (Phi) is 6.82. The Hall–Kier alpha value is -3.55. The second-order valence-corrected chi connectivity index (χ2v) is 8.31. The van der Waals surface area contributed by atoms with Gasteiger partial charge in [0, 0.05) is 12.3 Å². The Balaban J connectivity index is 1.39. The highest BCUT2D eigenvalue weighted by atomic mass is 19.1. The van der Waals surface area contributed by atoms with E-state index in [2.05, 4.69) is 27.8 Å². The van der Waals surface area contributed by atoms with Crippen LogP contribution in [0.4, 0.5) is 14.6 Å². The number of amides is 2. The molecule has 4 rings (SSSR count). The molecule has 8 heteroatoms. The van der Waals surface area contributed by atoms with E-state index in [0.29, 0.717) is 18.7 Å². The fraction of sp³-hybridized carbons (Fsp3) is 0.320. The average molecular weight is 453 g/mol. The number of hydrogen-bond acceptors (Lipinski definition) is 3. The fourth-order valence-electron chi connectivity index (χ4n) is 4.33. The maximum atomic E-state index is 13.4. The van der Waals surface area contributed by atoms with Crippen LogP contribution in [0.25, 0.3) is 0 Å². The molecule has 2 aromatic carbocycles. The number of aryl methyl sites for hydroxylation is 1. The van der Waals surface area contributed by atoms with Gasteiger partial charge in [0.15, 0.2) is 5.82 Å².